The van der Waals surface area contributed by atoms with E-state index in [1.165, 1.54) is 0 Å². The standard InChI is InChI=1S/C10H22N2O2/c1-5-12-10(2,3)9(13)11-7-6-8-14-4/h12H,5-8H2,1-4H3,(H,11,13). The molecule has 0 aromatic heterocycles. The van der Waals surface area contributed by atoms with Gasteiger partial charge in [-0.2, -0.15) is 0 Å². The van der Waals surface area contributed by atoms with Crippen LogP contribution in [0.25, 0.3) is 0 Å². The van der Waals surface area contributed by atoms with Gasteiger partial charge in [0.05, 0.1) is 5.54 Å². The monoisotopic (exact) mass is 202 g/mol. The van der Waals surface area contributed by atoms with Crippen molar-refractivity contribution in [3.8, 4) is 0 Å². The minimum Gasteiger partial charge on any atom is -0.385 e. The van der Waals surface area contributed by atoms with E-state index in [1.54, 1.807) is 7.11 Å². The molecule has 0 heterocycles. The Hall–Kier alpha value is -0.610. The quantitative estimate of drug-likeness (QED) is 0.592. The third-order valence-electron chi connectivity index (χ3n) is 2.00. The number of hydrogen-bond donors (Lipinski definition) is 2. The van der Waals surface area contributed by atoms with Crippen LogP contribution in [-0.4, -0.2) is 38.3 Å². The molecule has 0 fully saturated rings. The molecule has 0 aromatic rings. The summed E-state index contributed by atoms with van der Waals surface area (Å²) in [7, 11) is 1.66. The van der Waals surface area contributed by atoms with Gasteiger partial charge in [0.15, 0.2) is 0 Å². The molecule has 0 radical (unpaired) electrons. The Labute approximate surface area is 86.4 Å². The molecule has 0 bridgehead atoms. The van der Waals surface area contributed by atoms with E-state index in [9.17, 15) is 4.79 Å². The zero-order valence-electron chi connectivity index (χ0n) is 9.64. The molecule has 0 spiro atoms. The zero-order chi connectivity index (χ0) is 11.0. The van der Waals surface area contributed by atoms with Crippen LogP contribution in [0.3, 0.4) is 0 Å². The second-order valence-electron chi connectivity index (χ2n) is 3.76. The fraction of sp³-hybridized carbons (Fsp3) is 0.900. The molecule has 0 aliphatic carbocycles. The van der Waals surface area contributed by atoms with Crippen molar-refractivity contribution in [2.75, 3.05) is 26.8 Å². The minimum atomic E-state index is -0.484. The van der Waals surface area contributed by atoms with E-state index in [2.05, 4.69) is 10.6 Å². The van der Waals surface area contributed by atoms with Gasteiger partial charge < -0.3 is 15.4 Å². The first-order chi connectivity index (χ1) is 6.54. The highest BCUT2D eigenvalue weighted by molar-refractivity contribution is 5.85. The first-order valence-electron chi connectivity index (χ1n) is 5.07. The van der Waals surface area contributed by atoms with Gasteiger partial charge in [0.1, 0.15) is 0 Å². The zero-order valence-corrected chi connectivity index (χ0v) is 9.64. The number of methoxy groups -OCH3 is 1. The van der Waals surface area contributed by atoms with Gasteiger partial charge in [-0.15, -0.1) is 0 Å². The third-order valence-corrected chi connectivity index (χ3v) is 2.00. The highest BCUT2D eigenvalue weighted by atomic mass is 16.5. The molecule has 0 aliphatic rings. The maximum absolute atomic E-state index is 11.6. The van der Waals surface area contributed by atoms with Crippen LogP contribution in [0.4, 0.5) is 0 Å². The summed E-state index contributed by atoms with van der Waals surface area (Å²) in [4.78, 5) is 11.6. The van der Waals surface area contributed by atoms with E-state index >= 15 is 0 Å². The lowest BCUT2D eigenvalue weighted by Gasteiger charge is -2.24. The molecule has 84 valence electrons. The summed E-state index contributed by atoms with van der Waals surface area (Å²) in [5, 5.41) is 5.98. The number of amides is 1. The summed E-state index contributed by atoms with van der Waals surface area (Å²) in [5.74, 6) is 0.0375. The minimum absolute atomic E-state index is 0.0375. The van der Waals surface area contributed by atoms with Crippen molar-refractivity contribution >= 4 is 5.91 Å². The molecule has 14 heavy (non-hydrogen) atoms. The first-order valence-corrected chi connectivity index (χ1v) is 5.07. The molecular formula is C10H22N2O2. The Kier molecular flexibility index (Phi) is 6.49. The van der Waals surface area contributed by atoms with Gasteiger partial charge in [-0.1, -0.05) is 6.92 Å². The van der Waals surface area contributed by atoms with Crippen LogP contribution in [0.5, 0.6) is 0 Å². The van der Waals surface area contributed by atoms with Crippen LogP contribution in [0.1, 0.15) is 27.2 Å². The maximum atomic E-state index is 11.6. The molecule has 4 nitrogen and oxygen atoms in total. The Morgan fingerprint density at radius 3 is 2.57 bits per heavy atom. The lowest BCUT2D eigenvalue weighted by Crippen LogP contribution is -2.52. The van der Waals surface area contributed by atoms with E-state index in [0.29, 0.717) is 13.2 Å². The van der Waals surface area contributed by atoms with Crippen molar-refractivity contribution in [1.29, 1.82) is 0 Å². The number of rotatable bonds is 7. The summed E-state index contributed by atoms with van der Waals surface area (Å²) in [6.45, 7) is 7.88. The van der Waals surface area contributed by atoms with Crippen molar-refractivity contribution in [3.05, 3.63) is 0 Å². The predicted molar refractivity (Wildman–Crippen MR) is 57.3 cm³/mol. The van der Waals surface area contributed by atoms with E-state index in [4.69, 9.17) is 4.74 Å². The van der Waals surface area contributed by atoms with E-state index < -0.39 is 5.54 Å². The first kappa shape index (κ1) is 13.4. The second-order valence-corrected chi connectivity index (χ2v) is 3.76. The second kappa shape index (κ2) is 6.79. The molecule has 0 aromatic carbocycles. The lowest BCUT2D eigenvalue weighted by atomic mass is 10.0. The summed E-state index contributed by atoms with van der Waals surface area (Å²) in [5.41, 5.74) is -0.484. The van der Waals surface area contributed by atoms with Gasteiger partial charge in [-0.05, 0) is 26.8 Å². The van der Waals surface area contributed by atoms with Crippen molar-refractivity contribution in [3.63, 3.8) is 0 Å². The molecule has 0 atom stereocenters. The SMILES string of the molecule is CCNC(C)(C)C(=O)NCCCOC. The summed E-state index contributed by atoms with van der Waals surface area (Å²) < 4.78 is 4.89. The van der Waals surface area contributed by atoms with Crippen LogP contribution in [-0.2, 0) is 9.53 Å². The topological polar surface area (TPSA) is 50.4 Å². The molecule has 0 saturated heterocycles. The summed E-state index contributed by atoms with van der Waals surface area (Å²) >= 11 is 0. The number of nitrogens with one attached hydrogen (secondary N) is 2. The summed E-state index contributed by atoms with van der Waals surface area (Å²) in [6, 6.07) is 0. The molecule has 0 saturated carbocycles. The molecule has 1 amide bonds. The lowest BCUT2D eigenvalue weighted by molar-refractivity contribution is -0.126. The normalized spacial score (nSPS) is 11.4. The van der Waals surface area contributed by atoms with Gasteiger partial charge in [0, 0.05) is 20.3 Å². The molecule has 0 rings (SSSR count). The third kappa shape index (κ3) is 5.19. The highest BCUT2D eigenvalue weighted by Crippen LogP contribution is 2.00. The predicted octanol–water partition coefficient (Wildman–Crippen LogP) is 0.527. The Balaban J connectivity index is 3.71. The van der Waals surface area contributed by atoms with Crippen molar-refractivity contribution in [1.82, 2.24) is 10.6 Å². The van der Waals surface area contributed by atoms with Crippen LogP contribution < -0.4 is 10.6 Å². The molecule has 0 unspecified atom stereocenters. The van der Waals surface area contributed by atoms with Gasteiger partial charge in [-0.3, -0.25) is 4.79 Å². The number of likely N-dealkylation sites (N-methyl/N-ethyl adjacent to an activating group) is 1. The Bertz CT molecular complexity index is 170. The smallest absolute Gasteiger partial charge is 0.239 e. The van der Waals surface area contributed by atoms with Crippen LogP contribution in [0.2, 0.25) is 0 Å². The van der Waals surface area contributed by atoms with Crippen molar-refractivity contribution in [2.45, 2.75) is 32.7 Å². The number of hydrogen-bond acceptors (Lipinski definition) is 3. The fourth-order valence-electron chi connectivity index (χ4n) is 1.16. The summed E-state index contributed by atoms with van der Waals surface area (Å²) in [6.07, 6.45) is 0.852. The van der Waals surface area contributed by atoms with Gasteiger partial charge in [0.2, 0.25) is 5.91 Å². The highest BCUT2D eigenvalue weighted by Gasteiger charge is 2.25. The largest absolute Gasteiger partial charge is 0.385 e. The number of carbonyl (C=O) groups is 1. The van der Waals surface area contributed by atoms with Crippen LogP contribution in [0.15, 0.2) is 0 Å². The molecule has 2 N–H and O–H groups in total. The van der Waals surface area contributed by atoms with Gasteiger partial charge in [0.25, 0.3) is 0 Å². The van der Waals surface area contributed by atoms with Gasteiger partial charge in [-0.25, -0.2) is 0 Å². The molecular weight excluding hydrogens is 180 g/mol. The molecule has 0 aliphatic heterocycles. The maximum Gasteiger partial charge on any atom is 0.239 e. The van der Waals surface area contributed by atoms with Gasteiger partial charge >= 0.3 is 0 Å². The van der Waals surface area contributed by atoms with Crippen molar-refractivity contribution < 1.29 is 9.53 Å². The van der Waals surface area contributed by atoms with Crippen molar-refractivity contribution in [2.24, 2.45) is 0 Å². The van der Waals surface area contributed by atoms with E-state index in [-0.39, 0.29) is 5.91 Å². The average molecular weight is 202 g/mol. The average Bonchev–Trinajstić information content (AvgIpc) is 2.12. The number of carbonyl (C=O) groups excluding carboxylic acids is 1. The van der Waals surface area contributed by atoms with E-state index in [1.807, 2.05) is 20.8 Å². The fourth-order valence-corrected chi connectivity index (χ4v) is 1.16. The number of ether oxygens (including phenoxy) is 1. The van der Waals surface area contributed by atoms with Crippen LogP contribution in [0, 0.1) is 0 Å². The Morgan fingerprint density at radius 2 is 2.07 bits per heavy atom. The van der Waals surface area contributed by atoms with E-state index in [0.717, 1.165) is 13.0 Å². The molecule has 4 heteroatoms. The Morgan fingerprint density at radius 1 is 1.43 bits per heavy atom. The van der Waals surface area contributed by atoms with Crippen LogP contribution >= 0.6 is 0 Å².